The largest absolute Gasteiger partial charge is 0.490 e. The first kappa shape index (κ1) is 16.8. The fourth-order valence-electron chi connectivity index (χ4n) is 2.60. The Bertz CT molecular complexity index is 760. The van der Waals surface area contributed by atoms with Gasteiger partial charge in [0, 0.05) is 18.4 Å². The van der Waals surface area contributed by atoms with Gasteiger partial charge in [0.05, 0.1) is 13.2 Å². The number of amides is 1. The summed E-state index contributed by atoms with van der Waals surface area (Å²) in [7, 11) is 0. The molecule has 0 aromatic heterocycles. The number of fused-ring (bicyclic) bond motifs is 1. The molecule has 1 atom stereocenters. The van der Waals surface area contributed by atoms with Crippen LogP contribution in [0.25, 0.3) is 0 Å². The first-order valence-corrected chi connectivity index (χ1v) is 8.11. The van der Waals surface area contributed by atoms with E-state index in [2.05, 4.69) is 5.32 Å². The number of benzene rings is 2. The van der Waals surface area contributed by atoms with Crippen molar-refractivity contribution >= 4 is 11.9 Å². The maximum atomic E-state index is 12.5. The van der Waals surface area contributed by atoms with Gasteiger partial charge in [-0.15, -0.1) is 0 Å². The van der Waals surface area contributed by atoms with Gasteiger partial charge in [-0.1, -0.05) is 30.3 Å². The summed E-state index contributed by atoms with van der Waals surface area (Å²) in [6.45, 7) is 1.08. The molecule has 0 aliphatic carbocycles. The Kier molecular flexibility index (Phi) is 5.18. The quantitative estimate of drug-likeness (QED) is 0.871. The minimum Gasteiger partial charge on any atom is -0.490 e. The molecule has 0 radical (unpaired) electrons. The van der Waals surface area contributed by atoms with E-state index in [1.165, 1.54) is 0 Å². The number of ether oxygens (including phenoxy) is 2. The Morgan fingerprint density at radius 3 is 2.48 bits per heavy atom. The van der Waals surface area contributed by atoms with Crippen LogP contribution in [0.15, 0.2) is 48.5 Å². The lowest BCUT2D eigenvalue weighted by molar-refractivity contribution is -0.139. The highest BCUT2D eigenvalue weighted by Gasteiger charge is 2.22. The minimum absolute atomic E-state index is 0.215. The van der Waals surface area contributed by atoms with Gasteiger partial charge in [0.25, 0.3) is 5.91 Å². The molecule has 6 nitrogen and oxygen atoms in total. The van der Waals surface area contributed by atoms with Crippen molar-refractivity contribution in [2.24, 2.45) is 0 Å². The average molecular weight is 341 g/mol. The molecule has 1 aliphatic rings. The van der Waals surface area contributed by atoms with Gasteiger partial charge in [0.1, 0.15) is 6.04 Å². The number of carbonyl (C=O) groups is 2. The van der Waals surface area contributed by atoms with Gasteiger partial charge in [-0.2, -0.15) is 0 Å². The lowest BCUT2D eigenvalue weighted by Gasteiger charge is -2.15. The van der Waals surface area contributed by atoms with Gasteiger partial charge in [0.2, 0.25) is 0 Å². The molecule has 0 saturated heterocycles. The fourth-order valence-corrected chi connectivity index (χ4v) is 2.60. The van der Waals surface area contributed by atoms with Crippen LogP contribution in [-0.2, 0) is 11.2 Å². The predicted molar refractivity (Wildman–Crippen MR) is 91.1 cm³/mol. The summed E-state index contributed by atoms with van der Waals surface area (Å²) < 4.78 is 11.1. The molecule has 1 amide bonds. The minimum atomic E-state index is -1.08. The molecule has 1 unspecified atom stereocenters. The highest BCUT2D eigenvalue weighted by molar-refractivity contribution is 5.97. The van der Waals surface area contributed by atoms with Gasteiger partial charge in [0.15, 0.2) is 11.5 Å². The van der Waals surface area contributed by atoms with Crippen LogP contribution in [0.5, 0.6) is 11.5 Å². The van der Waals surface area contributed by atoms with Crippen molar-refractivity contribution < 1.29 is 24.2 Å². The summed E-state index contributed by atoms with van der Waals surface area (Å²) >= 11 is 0. The second-order valence-corrected chi connectivity index (χ2v) is 5.77. The van der Waals surface area contributed by atoms with E-state index in [1.807, 2.05) is 30.3 Å². The van der Waals surface area contributed by atoms with Crippen molar-refractivity contribution in [3.8, 4) is 11.5 Å². The SMILES string of the molecule is O=C(NC(Cc1ccccc1)C(=O)O)c1ccc2c(c1)OCCCO2. The summed E-state index contributed by atoms with van der Waals surface area (Å²) in [5.41, 5.74) is 1.18. The Balaban J connectivity index is 1.73. The molecule has 2 N–H and O–H groups in total. The van der Waals surface area contributed by atoms with Crippen LogP contribution in [0.3, 0.4) is 0 Å². The van der Waals surface area contributed by atoms with Crippen molar-refractivity contribution in [3.63, 3.8) is 0 Å². The molecule has 0 saturated carbocycles. The zero-order valence-electron chi connectivity index (χ0n) is 13.6. The first-order chi connectivity index (χ1) is 12.1. The molecule has 25 heavy (non-hydrogen) atoms. The molecule has 130 valence electrons. The Morgan fingerprint density at radius 1 is 1.04 bits per heavy atom. The standard InChI is InChI=1S/C19H19NO5/c21-18(14-7-8-16-17(12-14)25-10-4-9-24-16)20-15(19(22)23)11-13-5-2-1-3-6-13/h1-3,5-8,12,15H,4,9-11H2,(H,20,21)(H,22,23). The zero-order valence-corrected chi connectivity index (χ0v) is 13.6. The van der Waals surface area contributed by atoms with Crippen molar-refractivity contribution in [2.75, 3.05) is 13.2 Å². The molecule has 6 heteroatoms. The van der Waals surface area contributed by atoms with Crippen LogP contribution >= 0.6 is 0 Å². The van der Waals surface area contributed by atoms with Crippen molar-refractivity contribution in [3.05, 3.63) is 59.7 Å². The Morgan fingerprint density at radius 2 is 1.76 bits per heavy atom. The van der Waals surface area contributed by atoms with Gasteiger partial charge in [-0.25, -0.2) is 4.79 Å². The third-order valence-electron chi connectivity index (χ3n) is 3.90. The van der Waals surface area contributed by atoms with E-state index in [1.54, 1.807) is 18.2 Å². The zero-order chi connectivity index (χ0) is 17.6. The number of carboxylic acids is 1. The maximum absolute atomic E-state index is 12.5. The van der Waals surface area contributed by atoms with Crippen LogP contribution in [0, 0.1) is 0 Å². The number of aliphatic carboxylic acids is 1. The van der Waals surface area contributed by atoms with E-state index in [9.17, 15) is 14.7 Å². The number of carbonyl (C=O) groups excluding carboxylic acids is 1. The predicted octanol–water partition coefficient (Wildman–Crippen LogP) is 2.27. The van der Waals surface area contributed by atoms with Crippen LogP contribution in [0.1, 0.15) is 22.3 Å². The maximum Gasteiger partial charge on any atom is 0.326 e. The molecule has 1 heterocycles. The molecular weight excluding hydrogens is 322 g/mol. The van der Waals surface area contributed by atoms with Gasteiger partial charge in [-0.05, 0) is 23.8 Å². The van der Waals surface area contributed by atoms with Crippen LogP contribution < -0.4 is 14.8 Å². The molecular formula is C19H19NO5. The van der Waals surface area contributed by atoms with Crippen molar-refractivity contribution in [1.82, 2.24) is 5.32 Å². The molecule has 2 aromatic rings. The third-order valence-corrected chi connectivity index (χ3v) is 3.90. The number of nitrogens with one attached hydrogen (secondary N) is 1. The number of carboxylic acid groups (broad SMARTS) is 1. The second-order valence-electron chi connectivity index (χ2n) is 5.77. The summed E-state index contributed by atoms with van der Waals surface area (Å²) in [5, 5.41) is 12.0. The van der Waals surface area contributed by atoms with E-state index < -0.39 is 17.9 Å². The Hall–Kier alpha value is -3.02. The molecule has 0 spiro atoms. The molecule has 0 fully saturated rings. The molecule has 2 aromatic carbocycles. The van der Waals surface area contributed by atoms with Gasteiger partial charge in [-0.3, -0.25) is 4.79 Å². The van der Waals surface area contributed by atoms with Crippen LogP contribution in [0.4, 0.5) is 0 Å². The summed E-state index contributed by atoms with van der Waals surface area (Å²) in [5.74, 6) is -0.446. The van der Waals surface area contributed by atoms with Crippen LogP contribution in [0.2, 0.25) is 0 Å². The number of rotatable bonds is 5. The average Bonchev–Trinajstić information content (AvgIpc) is 2.86. The normalized spacial score (nSPS) is 14.2. The number of hydrogen-bond acceptors (Lipinski definition) is 4. The lowest BCUT2D eigenvalue weighted by Crippen LogP contribution is -2.42. The first-order valence-electron chi connectivity index (χ1n) is 8.11. The van der Waals surface area contributed by atoms with E-state index in [-0.39, 0.29) is 6.42 Å². The lowest BCUT2D eigenvalue weighted by atomic mass is 10.1. The smallest absolute Gasteiger partial charge is 0.326 e. The fraction of sp³-hybridized carbons (Fsp3) is 0.263. The topological polar surface area (TPSA) is 84.9 Å². The van der Waals surface area contributed by atoms with Gasteiger partial charge < -0.3 is 19.9 Å². The van der Waals surface area contributed by atoms with Crippen LogP contribution in [-0.4, -0.2) is 36.2 Å². The summed E-state index contributed by atoms with van der Waals surface area (Å²) in [6.07, 6.45) is 0.987. The number of hydrogen-bond donors (Lipinski definition) is 2. The van der Waals surface area contributed by atoms with Gasteiger partial charge >= 0.3 is 5.97 Å². The highest BCUT2D eigenvalue weighted by Crippen LogP contribution is 2.30. The molecule has 1 aliphatic heterocycles. The van der Waals surface area contributed by atoms with Crippen molar-refractivity contribution in [2.45, 2.75) is 18.9 Å². The molecule has 3 rings (SSSR count). The van der Waals surface area contributed by atoms with E-state index in [0.717, 1.165) is 12.0 Å². The van der Waals surface area contributed by atoms with E-state index >= 15 is 0 Å². The Labute approximate surface area is 145 Å². The second kappa shape index (κ2) is 7.70. The third kappa shape index (κ3) is 4.29. The summed E-state index contributed by atoms with van der Waals surface area (Å²) in [4.78, 5) is 23.9. The summed E-state index contributed by atoms with van der Waals surface area (Å²) in [6, 6.07) is 13.0. The highest BCUT2D eigenvalue weighted by atomic mass is 16.5. The monoisotopic (exact) mass is 341 g/mol. The molecule has 0 bridgehead atoms. The van der Waals surface area contributed by atoms with E-state index in [4.69, 9.17) is 9.47 Å². The van der Waals surface area contributed by atoms with E-state index in [0.29, 0.717) is 30.3 Å². The van der Waals surface area contributed by atoms with Crippen molar-refractivity contribution in [1.29, 1.82) is 0 Å².